The Balaban J connectivity index is 1.87. The number of hydrogen-bond acceptors (Lipinski definition) is 4. The lowest BCUT2D eigenvalue weighted by molar-refractivity contribution is -0.119. The van der Waals surface area contributed by atoms with Gasteiger partial charge in [-0.2, -0.15) is 0 Å². The maximum atomic E-state index is 13.1. The van der Waals surface area contributed by atoms with E-state index in [2.05, 4.69) is 25.2 Å². The van der Waals surface area contributed by atoms with E-state index in [1.807, 2.05) is 42.5 Å². The van der Waals surface area contributed by atoms with E-state index in [1.54, 1.807) is 14.2 Å². The van der Waals surface area contributed by atoms with E-state index in [0.29, 0.717) is 18.9 Å². The van der Waals surface area contributed by atoms with Gasteiger partial charge in [0.15, 0.2) is 0 Å². The Morgan fingerprint density at radius 3 is 2.52 bits per heavy atom. The monoisotopic (exact) mass is 397 g/mol. The van der Waals surface area contributed by atoms with E-state index < -0.39 is 0 Å². The summed E-state index contributed by atoms with van der Waals surface area (Å²) in [7, 11) is 3.31. The van der Waals surface area contributed by atoms with Crippen LogP contribution < -0.4 is 14.8 Å². The highest BCUT2D eigenvalue weighted by Crippen LogP contribution is 2.45. The van der Waals surface area contributed by atoms with Crippen LogP contribution in [0.15, 0.2) is 48.5 Å². The van der Waals surface area contributed by atoms with Gasteiger partial charge in [-0.15, -0.1) is 0 Å². The lowest BCUT2D eigenvalue weighted by atomic mass is 9.68. The summed E-state index contributed by atoms with van der Waals surface area (Å²) >= 11 is 0. The number of hydrogen-bond donors (Lipinski definition) is 1. The molecule has 1 fully saturated rings. The molecule has 1 aliphatic heterocycles. The van der Waals surface area contributed by atoms with Crippen LogP contribution in [0.4, 0.5) is 5.69 Å². The van der Waals surface area contributed by atoms with E-state index in [0.717, 1.165) is 35.6 Å². The zero-order chi connectivity index (χ0) is 20.9. The fourth-order valence-corrected chi connectivity index (χ4v) is 4.15. The Morgan fingerprint density at radius 1 is 1.14 bits per heavy atom. The van der Waals surface area contributed by atoms with E-state index in [-0.39, 0.29) is 17.4 Å². The average molecular weight is 398 g/mol. The first kappa shape index (κ1) is 21.2. The van der Waals surface area contributed by atoms with Crippen molar-refractivity contribution in [1.82, 2.24) is 0 Å². The van der Waals surface area contributed by atoms with Crippen LogP contribution in [-0.4, -0.2) is 32.8 Å². The van der Waals surface area contributed by atoms with E-state index in [4.69, 9.17) is 14.2 Å². The largest absolute Gasteiger partial charge is 0.497 e. The highest BCUT2D eigenvalue weighted by molar-refractivity contribution is 5.91. The van der Waals surface area contributed by atoms with Crippen LogP contribution in [0.3, 0.4) is 0 Å². The number of para-hydroxylation sites is 1. The Bertz CT molecular complexity index is 818. The molecule has 1 amide bonds. The zero-order valence-corrected chi connectivity index (χ0v) is 17.7. The summed E-state index contributed by atoms with van der Waals surface area (Å²) < 4.78 is 16.9. The Labute approximate surface area is 173 Å². The molecule has 0 spiro atoms. The van der Waals surface area contributed by atoms with E-state index in [1.165, 1.54) is 0 Å². The second kappa shape index (κ2) is 9.31. The summed E-state index contributed by atoms with van der Waals surface area (Å²) in [6.45, 7) is 4.97. The second-order valence-electron chi connectivity index (χ2n) is 8.04. The number of ether oxygens (including phenoxy) is 3. The summed E-state index contributed by atoms with van der Waals surface area (Å²) in [5.41, 5.74) is 1.52. The fourth-order valence-electron chi connectivity index (χ4n) is 4.15. The smallest absolute Gasteiger partial charge is 0.225 e. The molecule has 5 nitrogen and oxygen atoms in total. The summed E-state index contributed by atoms with van der Waals surface area (Å²) in [5.74, 6) is 1.96. The second-order valence-corrected chi connectivity index (χ2v) is 8.04. The molecule has 2 atom stereocenters. The predicted molar refractivity (Wildman–Crippen MR) is 115 cm³/mol. The van der Waals surface area contributed by atoms with Gasteiger partial charge in [-0.25, -0.2) is 0 Å². The lowest BCUT2D eigenvalue weighted by Gasteiger charge is -2.43. The minimum atomic E-state index is -0.323. The van der Waals surface area contributed by atoms with E-state index >= 15 is 0 Å². The van der Waals surface area contributed by atoms with Gasteiger partial charge in [-0.1, -0.05) is 32.0 Å². The third-order valence-corrected chi connectivity index (χ3v) is 5.80. The van der Waals surface area contributed by atoms with Crippen LogP contribution in [0.1, 0.15) is 38.7 Å². The Kier molecular flexibility index (Phi) is 6.80. The maximum absolute atomic E-state index is 13.1. The molecule has 1 heterocycles. The summed E-state index contributed by atoms with van der Waals surface area (Å²) in [4.78, 5) is 13.1. The van der Waals surface area contributed by atoms with Crippen molar-refractivity contribution in [2.24, 2.45) is 5.92 Å². The minimum Gasteiger partial charge on any atom is -0.497 e. The van der Waals surface area contributed by atoms with Gasteiger partial charge >= 0.3 is 0 Å². The third-order valence-electron chi connectivity index (χ3n) is 5.80. The number of carbonyl (C=O) groups excluding carboxylic acids is 1. The van der Waals surface area contributed by atoms with Gasteiger partial charge in [0, 0.05) is 29.7 Å². The fraction of sp³-hybridized carbons (Fsp3) is 0.458. The number of anilines is 1. The first-order chi connectivity index (χ1) is 14.0. The van der Waals surface area contributed by atoms with Crippen LogP contribution in [0, 0.1) is 5.92 Å². The molecule has 3 rings (SSSR count). The molecular formula is C24H31NO4. The molecule has 0 bridgehead atoms. The lowest BCUT2D eigenvalue weighted by Crippen LogP contribution is -2.43. The molecule has 0 radical (unpaired) electrons. The highest BCUT2D eigenvalue weighted by Gasteiger charge is 2.42. The standard InChI is InChI=1S/C24H31NO4/c1-17(2)22-15-24(13-14-29-22,20-7-5-6-8-21(20)28-4)16-23(26)25-18-9-11-19(27-3)12-10-18/h5-12,17,22H,13-16H2,1-4H3,(H,25,26)/t22-,24+/m1/s1. The van der Waals surface area contributed by atoms with Crippen molar-refractivity contribution in [2.45, 2.75) is 44.6 Å². The van der Waals surface area contributed by atoms with Crippen molar-refractivity contribution >= 4 is 11.6 Å². The van der Waals surface area contributed by atoms with Crippen LogP contribution >= 0.6 is 0 Å². The third kappa shape index (κ3) is 4.91. The first-order valence-electron chi connectivity index (χ1n) is 10.2. The topological polar surface area (TPSA) is 56.8 Å². The number of nitrogens with one attached hydrogen (secondary N) is 1. The van der Waals surface area contributed by atoms with Crippen LogP contribution in [0.5, 0.6) is 11.5 Å². The first-order valence-corrected chi connectivity index (χ1v) is 10.2. The van der Waals surface area contributed by atoms with Gasteiger partial charge in [-0.05, 0) is 49.1 Å². The zero-order valence-electron chi connectivity index (χ0n) is 17.7. The number of rotatable bonds is 7. The SMILES string of the molecule is COc1ccc(NC(=O)C[C@]2(c3ccccc3OC)CCO[C@@H](C(C)C)C2)cc1. The van der Waals surface area contributed by atoms with Crippen molar-refractivity contribution in [1.29, 1.82) is 0 Å². The normalized spacial score (nSPS) is 21.6. The van der Waals surface area contributed by atoms with Gasteiger partial charge < -0.3 is 19.5 Å². The highest BCUT2D eigenvalue weighted by atomic mass is 16.5. The van der Waals surface area contributed by atoms with Crippen molar-refractivity contribution < 1.29 is 19.0 Å². The van der Waals surface area contributed by atoms with Crippen LogP contribution in [0.2, 0.25) is 0 Å². The molecule has 0 unspecified atom stereocenters. The average Bonchev–Trinajstić information content (AvgIpc) is 2.74. The minimum absolute atomic E-state index is 0.00882. The van der Waals surface area contributed by atoms with Crippen molar-refractivity contribution in [3.8, 4) is 11.5 Å². The molecule has 0 saturated carbocycles. The maximum Gasteiger partial charge on any atom is 0.225 e. The van der Waals surface area contributed by atoms with Crippen LogP contribution in [-0.2, 0) is 14.9 Å². The van der Waals surface area contributed by atoms with Crippen molar-refractivity contribution in [3.05, 3.63) is 54.1 Å². The predicted octanol–water partition coefficient (Wildman–Crippen LogP) is 4.81. The van der Waals surface area contributed by atoms with Gasteiger partial charge in [0.05, 0.1) is 20.3 Å². The van der Waals surface area contributed by atoms with Gasteiger partial charge in [0.25, 0.3) is 0 Å². The number of benzene rings is 2. The Morgan fingerprint density at radius 2 is 1.86 bits per heavy atom. The number of amides is 1. The molecular weight excluding hydrogens is 366 g/mol. The van der Waals surface area contributed by atoms with E-state index in [9.17, 15) is 4.79 Å². The Hall–Kier alpha value is -2.53. The number of carbonyl (C=O) groups is 1. The molecule has 0 aromatic heterocycles. The molecule has 29 heavy (non-hydrogen) atoms. The van der Waals surface area contributed by atoms with Gasteiger partial charge in [0.2, 0.25) is 5.91 Å². The molecule has 156 valence electrons. The van der Waals surface area contributed by atoms with Gasteiger partial charge in [-0.3, -0.25) is 4.79 Å². The molecule has 0 aliphatic carbocycles. The molecule has 2 aromatic rings. The quantitative estimate of drug-likeness (QED) is 0.729. The molecule has 1 N–H and O–H groups in total. The van der Waals surface area contributed by atoms with Gasteiger partial charge in [0.1, 0.15) is 11.5 Å². The number of methoxy groups -OCH3 is 2. The van der Waals surface area contributed by atoms with Crippen molar-refractivity contribution in [2.75, 3.05) is 26.1 Å². The van der Waals surface area contributed by atoms with Crippen LogP contribution in [0.25, 0.3) is 0 Å². The molecule has 5 heteroatoms. The molecule has 1 saturated heterocycles. The summed E-state index contributed by atoms with van der Waals surface area (Å²) in [5, 5.41) is 3.04. The molecule has 2 aromatic carbocycles. The summed E-state index contributed by atoms with van der Waals surface area (Å²) in [6, 6.07) is 15.4. The summed E-state index contributed by atoms with van der Waals surface area (Å²) in [6.07, 6.45) is 2.07. The van der Waals surface area contributed by atoms with Crippen molar-refractivity contribution in [3.63, 3.8) is 0 Å². The molecule has 1 aliphatic rings.